The van der Waals surface area contributed by atoms with Crippen LogP contribution in [0, 0.1) is 5.82 Å². The maximum Gasteiger partial charge on any atom is 0.255 e. The summed E-state index contributed by atoms with van der Waals surface area (Å²) in [7, 11) is 0. The molecule has 0 spiro atoms. The van der Waals surface area contributed by atoms with E-state index in [4.69, 9.17) is 4.74 Å². The lowest BCUT2D eigenvalue weighted by Gasteiger charge is -2.29. The van der Waals surface area contributed by atoms with Gasteiger partial charge in [-0.25, -0.2) is 4.39 Å². The fourth-order valence-corrected chi connectivity index (χ4v) is 5.17. The standard InChI is InChI=1S/C29H35FN4O2/c30-22-17-21(18-24(19-22)34-14-4-1-5-15-34)29(35)33-27-10-11-28(26-9-3-2-8-25(26)27)36-16-6-7-23-20-31-12-13-32-23/h2-3,8-11,17-19,23,31-32H,1,4-7,12-16,20H2,(H,33,35). The number of carbonyl (C=O) groups excluding carboxylic acids is 1. The number of benzene rings is 3. The molecular formula is C29H35FN4O2. The molecule has 0 bridgehead atoms. The van der Waals surface area contributed by atoms with Crippen LogP contribution < -0.4 is 25.6 Å². The highest BCUT2D eigenvalue weighted by atomic mass is 19.1. The zero-order valence-corrected chi connectivity index (χ0v) is 20.7. The van der Waals surface area contributed by atoms with Crippen LogP contribution >= 0.6 is 0 Å². The first-order valence-corrected chi connectivity index (χ1v) is 13.1. The predicted molar refractivity (Wildman–Crippen MR) is 144 cm³/mol. The third-order valence-electron chi connectivity index (χ3n) is 7.08. The zero-order valence-electron chi connectivity index (χ0n) is 20.7. The number of anilines is 2. The minimum atomic E-state index is -0.393. The maximum absolute atomic E-state index is 14.4. The number of hydrogen-bond donors (Lipinski definition) is 3. The highest BCUT2D eigenvalue weighted by Gasteiger charge is 2.17. The summed E-state index contributed by atoms with van der Waals surface area (Å²) in [5, 5.41) is 11.8. The van der Waals surface area contributed by atoms with Gasteiger partial charge in [-0.2, -0.15) is 0 Å². The molecule has 0 radical (unpaired) electrons. The smallest absolute Gasteiger partial charge is 0.255 e. The number of rotatable bonds is 8. The van der Waals surface area contributed by atoms with Gasteiger partial charge in [0.15, 0.2) is 0 Å². The first-order valence-electron chi connectivity index (χ1n) is 13.1. The summed E-state index contributed by atoms with van der Waals surface area (Å²) >= 11 is 0. The van der Waals surface area contributed by atoms with Crippen molar-refractivity contribution in [3.63, 3.8) is 0 Å². The predicted octanol–water partition coefficient (Wildman–Crippen LogP) is 4.94. The van der Waals surface area contributed by atoms with Crippen LogP contribution in [0.5, 0.6) is 5.75 Å². The van der Waals surface area contributed by atoms with E-state index in [2.05, 4.69) is 20.9 Å². The van der Waals surface area contributed by atoms with Gasteiger partial charge in [0.1, 0.15) is 11.6 Å². The Morgan fingerprint density at radius 3 is 2.67 bits per heavy atom. The normalized spacial score (nSPS) is 18.2. The molecule has 3 aromatic carbocycles. The highest BCUT2D eigenvalue weighted by molar-refractivity contribution is 6.10. The lowest BCUT2D eigenvalue weighted by atomic mass is 10.1. The summed E-state index contributed by atoms with van der Waals surface area (Å²) in [5.74, 6) is 0.0904. The van der Waals surface area contributed by atoms with Crippen molar-refractivity contribution < 1.29 is 13.9 Å². The van der Waals surface area contributed by atoms with Gasteiger partial charge in [-0.05, 0) is 62.4 Å². The molecule has 6 nitrogen and oxygen atoms in total. The number of nitrogens with zero attached hydrogens (tertiary/aromatic N) is 1. The van der Waals surface area contributed by atoms with Crippen molar-refractivity contribution in [1.82, 2.24) is 10.6 Å². The van der Waals surface area contributed by atoms with Gasteiger partial charge in [-0.3, -0.25) is 4.79 Å². The Hall–Kier alpha value is -3.16. The average molecular weight is 491 g/mol. The van der Waals surface area contributed by atoms with Crippen LogP contribution in [0.1, 0.15) is 42.5 Å². The van der Waals surface area contributed by atoms with Crippen molar-refractivity contribution in [3.05, 3.63) is 66.0 Å². The van der Waals surface area contributed by atoms with Gasteiger partial charge in [-0.1, -0.05) is 24.3 Å². The van der Waals surface area contributed by atoms with Gasteiger partial charge in [-0.15, -0.1) is 0 Å². The number of fused-ring (bicyclic) bond motifs is 1. The molecule has 2 aliphatic rings. The van der Waals surface area contributed by atoms with E-state index in [1.54, 1.807) is 6.07 Å². The van der Waals surface area contributed by atoms with Gasteiger partial charge < -0.3 is 25.6 Å². The Labute approximate surface area is 212 Å². The minimum Gasteiger partial charge on any atom is -0.493 e. The number of ether oxygens (including phenoxy) is 1. The molecule has 1 unspecified atom stereocenters. The van der Waals surface area contributed by atoms with Crippen molar-refractivity contribution in [3.8, 4) is 5.75 Å². The topological polar surface area (TPSA) is 65.6 Å². The van der Waals surface area contributed by atoms with E-state index >= 15 is 0 Å². The molecule has 7 heteroatoms. The molecule has 1 amide bonds. The minimum absolute atomic E-state index is 0.319. The van der Waals surface area contributed by atoms with Crippen molar-refractivity contribution in [2.24, 2.45) is 0 Å². The number of nitrogens with one attached hydrogen (secondary N) is 3. The van der Waals surface area contributed by atoms with Crippen molar-refractivity contribution in [2.45, 2.75) is 38.1 Å². The van der Waals surface area contributed by atoms with Crippen molar-refractivity contribution in [1.29, 1.82) is 0 Å². The number of piperazine rings is 1. The first kappa shape index (κ1) is 24.5. The maximum atomic E-state index is 14.4. The first-order chi connectivity index (χ1) is 17.7. The van der Waals surface area contributed by atoms with Crippen molar-refractivity contribution in [2.75, 3.05) is 49.5 Å². The summed E-state index contributed by atoms with van der Waals surface area (Å²) in [6.07, 6.45) is 5.40. The Morgan fingerprint density at radius 2 is 1.86 bits per heavy atom. The summed E-state index contributed by atoms with van der Waals surface area (Å²) < 4.78 is 20.6. The van der Waals surface area contributed by atoms with E-state index < -0.39 is 5.82 Å². The van der Waals surface area contributed by atoms with Crippen LogP contribution in [0.3, 0.4) is 0 Å². The van der Waals surface area contributed by atoms with E-state index in [1.165, 1.54) is 18.6 Å². The van der Waals surface area contributed by atoms with Crippen LogP contribution in [-0.4, -0.2) is 51.3 Å². The number of halogens is 1. The van der Waals surface area contributed by atoms with Crippen molar-refractivity contribution >= 4 is 28.1 Å². The number of carbonyl (C=O) groups is 1. The van der Waals surface area contributed by atoms with Crippen LogP contribution in [-0.2, 0) is 0 Å². The van der Waals surface area contributed by atoms with Crippen LogP contribution in [0.4, 0.5) is 15.8 Å². The lowest BCUT2D eigenvalue weighted by molar-refractivity contribution is 0.102. The lowest BCUT2D eigenvalue weighted by Crippen LogP contribution is -2.48. The molecule has 2 fully saturated rings. The van der Waals surface area contributed by atoms with Crippen LogP contribution in [0.25, 0.3) is 10.8 Å². The molecule has 2 aliphatic heterocycles. The Balaban J connectivity index is 1.28. The van der Waals surface area contributed by atoms with Gasteiger partial charge in [0.2, 0.25) is 0 Å². The van der Waals surface area contributed by atoms with Gasteiger partial charge in [0.05, 0.1) is 6.61 Å². The largest absolute Gasteiger partial charge is 0.493 e. The summed E-state index contributed by atoms with van der Waals surface area (Å²) in [4.78, 5) is 15.3. The monoisotopic (exact) mass is 490 g/mol. The molecular weight excluding hydrogens is 455 g/mol. The molecule has 190 valence electrons. The molecule has 3 aromatic rings. The third-order valence-corrected chi connectivity index (χ3v) is 7.08. The zero-order chi connectivity index (χ0) is 24.7. The second-order valence-electron chi connectivity index (χ2n) is 9.70. The summed E-state index contributed by atoms with van der Waals surface area (Å²) in [6.45, 7) is 5.47. The third kappa shape index (κ3) is 5.97. The molecule has 5 rings (SSSR count). The quantitative estimate of drug-likeness (QED) is 0.390. The number of hydrogen-bond acceptors (Lipinski definition) is 5. The second-order valence-corrected chi connectivity index (χ2v) is 9.70. The molecule has 3 N–H and O–H groups in total. The van der Waals surface area contributed by atoms with E-state index in [-0.39, 0.29) is 5.91 Å². The Morgan fingerprint density at radius 1 is 1.03 bits per heavy atom. The van der Waals surface area contributed by atoms with Crippen LogP contribution in [0.2, 0.25) is 0 Å². The molecule has 0 saturated carbocycles. The van der Waals surface area contributed by atoms with Gasteiger partial charge in [0, 0.05) is 66.5 Å². The highest BCUT2D eigenvalue weighted by Crippen LogP contribution is 2.32. The van der Waals surface area contributed by atoms with E-state index in [0.29, 0.717) is 23.9 Å². The number of piperidine rings is 1. The van der Waals surface area contributed by atoms with E-state index in [9.17, 15) is 9.18 Å². The molecule has 0 aliphatic carbocycles. The molecule has 0 aromatic heterocycles. The second kappa shape index (κ2) is 11.7. The van der Waals surface area contributed by atoms with E-state index in [0.717, 1.165) is 80.6 Å². The Kier molecular flexibility index (Phi) is 7.98. The molecule has 2 saturated heterocycles. The fourth-order valence-electron chi connectivity index (χ4n) is 5.17. The van der Waals surface area contributed by atoms with Gasteiger partial charge >= 0.3 is 0 Å². The molecule has 1 atom stereocenters. The SMILES string of the molecule is O=C(Nc1ccc(OCCCC2CNCCN2)c2ccccc12)c1cc(F)cc(N2CCCCC2)c1. The van der Waals surface area contributed by atoms with E-state index in [1.807, 2.05) is 36.4 Å². The summed E-state index contributed by atoms with van der Waals surface area (Å²) in [6, 6.07) is 16.8. The summed E-state index contributed by atoms with van der Waals surface area (Å²) in [5.41, 5.74) is 1.78. The molecule has 36 heavy (non-hydrogen) atoms. The number of amides is 1. The molecule has 2 heterocycles. The van der Waals surface area contributed by atoms with Gasteiger partial charge in [0.25, 0.3) is 5.91 Å². The average Bonchev–Trinajstić information content (AvgIpc) is 2.92. The van der Waals surface area contributed by atoms with Crippen LogP contribution in [0.15, 0.2) is 54.6 Å². The Bertz CT molecular complexity index is 1190. The fraction of sp³-hybridized carbons (Fsp3) is 0.414.